The Bertz CT molecular complexity index is 111. The van der Waals surface area contributed by atoms with E-state index < -0.39 is 0 Å². The molecule has 0 saturated heterocycles. The Morgan fingerprint density at radius 2 is 2.50 bits per heavy atom. The van der Waals surface area contributed by atoms with Gasteiger partial charge >= 0.3 is 41.3 Å². The van der Waals surface area contributed by atoms with Crippen LogP contribution in [0, 0.1) is 0 Å². The zero-order chi connectivity index (χ0) is 4.41. The zero-order valence-electron chi connectivity index (χ0n) is 3.09. The third kappa shape index (κ3) is 0.644. The van der Waals surface area contributed by atoms with Crippen LogP contribution in [0.5, 0.6) is 4.62 Å². The van der Waals surface area contributed by atoms with E-state index in [4.69, 9.17) is 5.11 Å². The van der Waals surface area contributed by atoms with E-state index in [9.17, 15) is 0 Å². The predicted octanol–water partition coefficient (Wildman–Crippen LogP) is 0.449. The number of aromatic hydroxyl groups is 1. The second-order valence-electron chi connectivity index (χ2n) is 0.951. The molecular formula is C4H4OSe. The van der Waals surface area contributed by atoms with Gasteiger partial charge in [-0.25, -0.2) is 0 Å². The summed E-state index contributed by atoms with van der Waals surface area (Å²) in [5, 5.41) is 8.56. The molecule has 2 heteroatoms. The molecule has 1 heterocycles. The first kappa shape index (κ1) is 3.97. The molecule has 0 atom stereocenters. The van der Waals surface area contributed by atoms with Crippen LogP contribution in [0.3, 0.4) is 0 Å². The number of hydrogen-bond acceptors (Lipinski definition) is 1. The summed E-state index contributed by atoms with van der Waals surface area (Å²) in [6.45, 7) is 0. The summed E-state index contributed by atoms with van der Waals surface area (Å²) in [4.78, 5) is 1.97. The van der Waals surface area contributed by atoms with Gasteiger partial charge in [-0.05, 0) is 0 Å². The Kier molecular flexibility index (Phi) is 0.992. The number of rotatable bonds is 0. The van der Waals surface area contributed by atoms with E-state index in [-0.39, 0.29) is 14.5 Å². The minimum atomic E-state index is 0.264. The van der Waals surface area contributed by atoms with Crippen LogP contribution in [0.1, 0.15) is 0 Å². The van der Waals surface area contributed by atoms with Gasteiger partial charge in [0.2, 0.25) is 0 Å². The first-order valence-corrected chi connectivity index (χ1v) is 3.46. The van der Waals surface area contributed by atoms with E-state index in [0.717, 1.165) is 0 Å². The SMILES string of the molecule is Oc1ccc[se]1. The molecule has 0 radical (unpaired) electrons. The summed E-state index contributed by atoms with van der Waals surface area (Å²) in [6, 6.07) is 3.59. The topological polar surface area (TPSA) is 20.2 Å². The molecule has 1 rings (SSSR count). The van der Waals surface area contributed by atoms with Crippen LogP contribution in [0.2, 0.25) is 0 Å². The Labute approximate surface area is 42.0 Å². The Balaban J connectivity index is 3.05. The van der Waals surface area contributed by atoms with Gasteiger partial charge in [-0.1, -0.05) is 0 Å². The van der Waals surface area contributed by atoms with Gasteiger partial charge in [-0.2, -0.15) is 0 Å². The summed E-state index contributed by atoms with van der Waals surface area (Å²) < 4.78 is 0.530. The molecule has 0 aliphatic rings. The molecule has 1 nitrogen and oxygen atoms in total. The summed E-state index contributed by atoms with van der Waals surface area (Å²) in [5.41, 5.74) is 0. The van der Waals surface area contributed by atoms with Crippen molar-refractivity contribution in [1.29, 1.82) is 0 Å². The van der Waals surface area contributed by atoms with Crippen molar-refractivity contribution in [2.45, 2.75) is 0 Å². The van der Waals surface area contributed by atoms with Crippen molar-refractivity contribution >= 4 is 14.5 Å². The third-order valence-electron chi connectivity index (χ3n) is 0.506. The van der Waals surface area contributed by atoms with E-state index >= 15 is 0 Å². The van der Waals surface area contributed by atoms with Gasteiger partial charge in [-0.3, -0.25) is 0 Å². The van der Waals surface area contributed by atoms with Crippen molar-refractivity contribution in [3.05, 3.63) is 17.1 Å². The fourth-order valence-electron chi connectivity index (χ4n) is 0.270. The maximum absolute atomic E-state index is 8.56. The number of hydrogen-bond donors (Lipinski definition) is 1. The van der Waals surface area contributed by atoms with E-state index in [0.29, 0.717) is 4.62 Å². The Morgan fingerprint density at radius 3 is 2.67 bits per heavy atom. The molecule has 0 unspecified atom stereocenters. The van der Waals surface area contributed by atoms with Crippen molar-refractivity contribution in [3.8, 4) is 4.62 Å². The van der Waals surface area contributed by atoms with Crippen LogP contribution in [-0.4, -0.2) is 19.6 Å². The van der Waals surface area contributed by atoms with Crippen LogP contribution in [0.25, 0.3) is 0 Å². The molecule has 0 bridgehead atoms. The van der Waals surface area contributed by atoms with E-state index in [2.05, 4.69) is 0 Å². The Hall–Kier alpha value is -0.201. The molecule has 0 aliphatic heterocycles. The van der Waals surface area contributed by atoms with Crippen LogP contribution in [0.4, 0.5) is 0 Å². The molecule has 0 fully saturated rings. The molecule has 0 saturated carbocycles. The molecular weight excluding hydrogens is 143 g/mol. The third-order valence-corrected chi connectivity index (χ3v) is 1.91. The molecule has 6 heavy (non-hydrogen) atoms. The van der Waals surface area contributed by atoms with Gasteiger partial charge in [0, 0.05) is 0 Å². The molecule has 1 aromatic heterocycles. The van der Waals surface area contributed by atoms with Crippen LogP contribution in [-0.2, 0) is 0 Å². The van der Waals surface area contributed by atoms with Crippen molar-refractivity contribution in [3.63, 3.8) is 0 Å². The summed E-state index contributed by atoms with van der Waals surface area (Å²) in [7, 11) is 0. The zero-order valence-corrected chi connectivity index (χ0v) is 4.80. The molecule has 1 N–H and O–H groups in total. The van der Waals surface area contributed by atoms with Crippen molar-refractivity contribution in [2.24, 2.45) is 0 Å². The van der Waals surface area contributed by atoms with Crippen LogP contribution >= 0.6 is 0 Å². The monoisotopic (exact) mass is 148 g/mol. The fraction of sp³-hybridized carbons (Fsp3) is 0. The van der Waals surface area contributed by atoms with Crippen molar-refractivity contribution in [1.82, 2.24) is 0 Å². The molecule has 32 valence electrons. The quantitative estimate of drug-likeness (QED) is 0.528. The van der Waals surface area contributed by atoms with Crippen LogP contribution < -0.4 is 0 Å². The van der Waals surface area contributed by atoms with Gasteiger partial charge < -0.3 is 0 Å². The Morgan fingerprint density at radius 1 is 1.67 bits per heavy atom. The van der Waals surface area contributed by atoms with E-state index in [1.165, 1.54) is 0 Å². The molecule has 0 aliphatic carbocycles. The molecule has 0 amide bonds. The first-order chi connectivity index (χ1) is 2.89. The van der Waals surface area contributed by atoms with Gasteiger partial charge in [-0.15, -0.1) is 0 Å². The van der Waals surface area contributed by atoms with Crippen molar-refractivity contribution in [2.75, 3.05) is 0 Å². The van der Waals surface area contributed by atoms with Gasteiger partial charge in [0.15, 0.2) is 0 Å². The minimum absolute atomic E-state index is 0.264. The normalized spacial score (nSPS) is 8.67. The summed E-state index contributed by atoms with van der Waals surface area (Å²) >= 11 is 0.264. The molecule has 0 spiro atoms. The average molecular weight is 147 g/mol. The second-order valence-corrected chi connectivity index (χ2v) is 2.89. The van der Waals surface area contributed by atoms with E-state index in [1.54, 1.807) is 6.07 Å². The standard InChI is InChI=1S/C4H4OSe/c5-4-2-1-3-6-4/h1-3,5H. The van der Waals surface area contributed by atoms with Crippen molar-refractivity contribution < 1.29 is 5.11 Å². The predicted molar refractivity (Wildman–Crippen MR) is 25.0 cm³/mol. The van der Waals surface area contributed by atoms with E-state index in [1.807, 2.05) is 11.0 Å². The molecule has 0 aromatic carbocycles. The molecule has 1 aromatic rings. The second kappa shape index (κ2) is 1.50. The van der Waals surface area contributed by atoms with Gasteiger partial charge in [0.05, 0.1) is 0 Å². The summed E-state index contributed by atoms with van der Waals surface area (Å²) in [6.07, 6.45) is 0. The first-order valence-electron chi connectivity index (χ1n) is 1.62. The fourth-order valence-corrected chi connectivity index (χ4v) is 1.22. The average Bonchev–Trinajstić information content (AvgIpc) is 1.86. The van der Waals surface area contributed by atoms with Crippen LogP contribution in [0.15, 0.2) is 17.1 Å². The summed E-state index contributed by atoms with van der Waals surface area (Å²) in [5.74, 6) is 0. The maximum atomic E-state index is 8.56. The van der Waals surface area contributed by atoms with Gasteiger partial charge in [0.25, 0.3) is 0 Å². The van der Waals surface area contributed by atoms with Gasteiger partial charge in [0.1, 0.15) is 0 Å².